The molecular formula is C7H10ClNO3S. The molecular weight excluding hydrogens is 214 g/mol. The third-order valence-electron chi connectivity index (χ3n) is 2.89. The summed E-state index contributed by atoms with van der Waals surface area (Å²) >= 11 is 0. The van der Waals surface area contributed by atoms with Crippen molar-refractivity contribution < 1.29 is 13.2 Å². The third kappa shape index (κ3) is 1.67. The normalized spacial score (nSPS) is 37.9. The van der Waals surface area contributed by atoms with Gasteiger partial charge in [0.15, 0.2) is 0 Å². The molecule has 0 spiro atoms. The Kier molecular flexibility index (Phi) is 2.03. The van der Waals surface area contributed by atoms with Gasteiger partial charge in [0.25, 0.3) is 0 Å². The highest BCUT2D eigenvalue weighted by Gasteiger charge is 2.48. The smallest absolute Gasteiger partial charge is 0.234 e. The van der Waals surface area contributed by atoms with E-state index in [-0.39, 0.29) is 29.5 Å². The Bertz CT molecular complexity index is 340. The van der Waals surface area contributed by atoms with E-state index in [1.54, 1.807) is 0 Å². The van der Waals surface area contributed by atoms with Crippen LogP contribution < -0.4 is 5.32 Å². The van der Waals surface area contributed by atoms with E-state index < -0.39 is 9.05 Å². The van der Waals surface area contributed by atoms with E-state index in [0.29, 0.717) is 0 Å². The zero-order valence-electron chi connectivity index (χ0n) is 6.86. The predicted octanol–water partition coefficient (Wildman–Crippen LogP) is 0.0796. The van der Waals surface area contributed by atoms with Crippen molar-refractivity contribution in [2.24, 2.45) is 11.8 Å². The quantitative estimate of drug-likeness (QED) is 0.675. The summed E-state index contributed by atoms with van der Waals surface area (Å²) in [6.45, 7) is 0. The molecule has 1 aliphatic carbocycles. The molecule has 0 aromatic carbocycles. The van der Waals surface area contributed by atoms with Crippen molar-refractivity contribution in [3.63, 3.8) is 0 Å². The van der Waals surface area contributed by atoms with Crippen LogP contribution in [0.5, 0.6) is 0 Å². The molecule has 0 aromatic heterocycles. The molecule has 0 aromatic rings. The summed E-state index contributed by atoms with van der Waals surface area (Å²) in [6, 6.07) is -0.256. The highest BCUT2D eigenvalue weighted by atomic mass is 35.7. The van der Waals surface area contributed by atoms with Gasteiger partial charge in [-0.2, -0.15) is 0 Å². The molecule has 2 fully saturated rings. The molecule has 13 heavy (non-hydrogen) atoms. The molecule has 4 nitrogen and oxygen atoms in total. The zero-order chi connectivity index (χ0) is 9.64. The molecule has 1 amide bonds. The lowest BCUT2D eigenvalue weighted by atomic mass is 9.73. The second kappa shape index (κ2) is 2.85. The fraction of sp³-hybridized carbons (Fsp3) is 0.857. The maximum absolute atomic E-state index is 11.2. The van der Waals surface area contributed by atoms with Crippen LogP contribution in [-0.4, -0.2) is 26.1 Å². The second-order valence-electron chi connectivity index (χ2n) is 3.67. The Labute approximate surface area is 81.1 Å². The van der Waals surface area contributed by atoms with Crippen molar-refractivity contribution in [3.8, 4) is 0 Å². The minimum atomic E-state index is -3.50. The first-order valence-corrected chi connectivity index (χ1v) is 6.68. The van der Waals surface area contributed by atoms with Gasteiger partial charge in [-0.25, -0.2) is 8.42 Å². The lowest BCUT2D eigenvalue weighted by molar-refractivity contribution is -0.124. The summed E-state index contributed by atoms with van der Waals surface area (Å²) in [5.41, 5.74) is 0. The molecule has 3 unspecified atom stereocenters. The van der Waals surface area contributed by atoms with Gasteiger partial charge < -0.3 is 5.32 Å². The predicted molar refractivity (Wildman–Crippen MR) is 47.8 cm³/mol. The van der Waals surface area contributed by atoms with Crippen molar-refractivity contribution in [1.29, 1.82) is 0 Å². The maximum atomic E-state index is 11.2. The van der Waals surface area contributed by atoms with Crippen LogP contribution in [-0.2, 0) is 13.8 Å². The number of halogens is 1. The van der Waals surface area contributed by atoms with Gasteiger partial charge >= 0.3 is 0 Å². The minimum absolute atomic E-state index is 0.0124. The van der Waals surface area contributed by atoms with E-state index in [2.05, 4.69) is 5.32 Å². The SMILES string of the molecule is O=C1NC(CS(=O)(=O)Cl)C2CCC12. The van der Waals surface area contributed by atoms with Gasteiger partial charge in [0.05, 0.1) is 5.75 Å². The Balaban J connectivity index is 2.07. The summed E-state index contributed by atoms with van der Waals surface area (Å²) < 4.78 is 21.6. The van der Waals surface area contributed by atoms with E-state index in [1.165, 1.54) is 0 Å². The number of carbonyl (C=O) groups excluding carboxylic acids is 1. The van der Waals surface area contributed by atoms with E-state index >= 15 is 0 Å². The number of fused-ring (bicyclic) bond motifs is 1. The summed E-state index contributed by atoms with van der Waals surface area (Å²) in [7, 11) is 1.62. The second-order valence-corrected chi connectivity index (χ2v) is 6.49. The summed E-state index contributed by atoms with van der Waals surface area (Å²) in [6.07, 6.45) is 1.82. The summed E-state index contributed by atoms with van der Waals surface area (Å²) in [5, 5.41) is 2.67. The highest BCUT2D eigenvalue weighted by molar-refractivity contribution is 8.13. The molecule has 6 heteroatoms. The van der Waals surface area contributed by atoms with Crippen LogP contribution in [0.2, 0.25) is 0 Å². The van der Waals surface area contributed by atoms with Crippen LogP contribution in [0, 0.1) is 11.8 Å². The fourth-order valence-corrected chi connectivity index (χ4v) is 3.28. The minimum Gasteiger partial charge on any atom is -0.352 e. The van der Waals surface area contributed by atoms with Gasteiger partial charge in [0.1, 0.15) is 0 Å². The van der Waals surface area contributed by atoms with Gasteiger partial charge in [-0.05, 0) is 18.8 Å². The molecule has 2 aliphatic rings. The molecule has 1 saturated carbocycles. The molecule has 1 aliphatic heterocycles. The van der Waals surface area contributed by atoms with Crippen molar-refractivity contribution in [3.05, 3.63) is 0 Å². The van der Waals surface area contributed by atoms with E-state index in [1.807, 2.05) is 0 Å². The van der Waals surface area contributed by atoms with Crippen molar-refractivity contribution in [1.82, 2.24) is 5.32 Å². The molecule has 1 saturated heterocycles. The number of nitrogens with one attached hydrogen (secondary N) is 1. The Morgan fingerprint density at radius 1 is 1.46 bits per heavy atom. The average molecular weight is 224 g/mol. The van der Waals surface area contributed by atoms with Crippen LogP contribution in [0.3, 0.4) is 0 Å². The van der Waals surface area contributed by atoms with Crippen LogP contribution in [0.15, 0.2) is 0 Å². The highest BCUT2D eigenvalue weighted by Crippen LogP contribution is 2.41. The van der Waals surface area contributed by atoms with Crippen LogP contribution in [0.4, 0.5) is 0 Å². The zero-order valence-corrected chi connectivity index (χ0v) is 8.44. The number of hydrogen-bond acceptors (Lipinski definition) is 3. The van der Waals surface area contributed by atoms with E-state index in [4.69, 9.17) is 10.7 Å². The van der Waals surface area contributed by atoms with Crippen molar-refractivity contribution >= 4 is 25.6 Å². The van der Waals surface area contributed by atoms with Crippen molar-refractivity contribution in [2.75, 3.05) is 5.75 Å². The number of hydrogen-bond donors (Lipinski definition) is 1. The van der Waals surface area contributed by atoms with Gasteiger partial charge in [-0.3, -0.25) is 4.79 Å². The lowest BCUT2D eigenvalue weighted by Crippen LogP contribution is -2.36. The Hall–Kier alpha value is -0.290. The first-order chi connectivity index (χ1) is 5.97. The molecule has 0 radical (unpaired) electrons. The van der Waals surface area contributed by atoms with E-state index in [9.17, 15) is 13.2 Å². The molecule has 0 bridgehead atoms. The standard InChI is InChI=1S/C7H10ClNO3S/c8-13(11,12)3-6-4-1-2-5(4)7(10)9-6/h4-6H,1-3H2,(H,9,10). The summed E-state index contributed by atoms with van der Waals surface area (Å²) in [5.74, 6) is 0.0903. The van der Waals surface area contributed by atoms with Crippen LogP contribution in [0.1, 0.15) is 12.8 Å². The van der Waals surface area contributed by atoms with Gasteiger partial charge in [0.2, 0.25) is 15.0 Å². The number of amides is 1. The van der Waals surface area contributed by atoms with Crippen molar-refractivity contribution in [2.45, 2.75) is 18.9 Å². The number of rotatable bonds is 2. The Morgan fingerprint density at radius 2 is 2.15 bits per heavy atom. The topological polar surface area (TPSA) is 63.2 Å². The first-order valence-electron chi connectivity index (χ1n) is 4.20. The van der Waals surface area contributed by atoms with E-state index in [0.717, 1.165) is 12.8 Å². The molecule has 74 valence electrons. The molecule has 1 heterocycles. The fourth-order valence-electron chi connectivity index (χ4n) is 2.11. The lowest BCUT2D eigenvalue weighted by Gasteiger charge is -2.30. The van der Waals surface area contributed by atoms with Gasteiger partial charge in [0, 0.05) is 22.6 Å². The van der Waals surface area contributed by atoms with Gasteiger partial charge in [-0.15, -0.1) is 0 Å². The van der Waals surface area contributed by atoms with Crippen LogP contribution in [0.25, 0.3) is 0 Å². The van der Waals surface area contributed by atoms with Gasteiger partial charge in [-0.1, -0.05) is 0 Å². The number of carbonyl (C=O) groups is 1. The maximum Gasteiger partial charge on any atom is 0.234 e. The molecule has 1 N–H and O–H groups in total. The Morgan fingerprint density at radius 3 is 2.54 bits per heavy atom. The summed E-state index contributed by atoms with van der Waals surface area (Å²) in [4.78, 5) is 11.2. The first kappa shape index (κ1) is 9.27. The third-order valence-corrected chi connectivity index (χ3v) is 4.02. The average Bonchev–Trinajstić information content (AvgIpc) is 1.94. The molecule has 3 atom stereocenters. The molecule has 2 rings (SSSR count). The van der Waals surface area contributed by atoms with Crippen LogP contribution >= 0.6 is 10.7 Å². The monoisotopic (exact) mass is 223 g/mol. The largest absolute Gasteiger partial charge is 0.352 e.